The van der Waals surface area contributed by atoms with Crippen LogP contribution in [0, 0.1) is 5.82 Å². The lowest BCUT2D eigenvalue weighted by Gasteiger charge is -2.06. The maximum Gasteiger partial charge on any atom is 0.260 e. The van der Waals surface area contributed by atoms with Crippen LogP contribution in [0.2, 0.25) is 0 Å². The molecule has 2 rings (SSSR count). The van der Waals surface area contributed by atoms with Gasteiger partial charge in [0.25, 0.3) is 5.91 Å². The second-order valence-corrected chi connectivity index (χ2v) is 3.46. The van der Waals surface area contributed by atoms with Gasteiger partial charge in [-0.3, -0.25) is 9.48 Å². The summed E-state index contributed by atoms with van der Waals surface area (Å²) in [6, 6.07) is 4.82. The van der Waals surface area contributed by atoms with E-state index in [9.17, 15) is 14.3 Å². The first kappa shape index (κ1) is 11.1. The number of hydrogen-bond donors (Lipinski definition) is 2. The minimum absolute atomic E-state index is 0.00704. The Kier molecular flexibility index (Phi) is 2.78. The second kappa shape index (κ2) is 4.25. The summed E-state index contributed by atoms with van der Waals surface area (Å²) in [5.74, 6) is -1.03. The van der Waals surface area contributed by atoms with Crippen LogP contribution in [0.4, 0.5) is 10.2 Å². The Morgan fingerprint density at radius 2 is 2.24 bits per heavy atom. The average molecular weight is 235 g/mol. The molecule has 1 heterocycles. The van der Waals surface area contributed by atoms with E-state index < -0.39 is 17.5 Å². The Balaban J connectivity index is 2.23. The lowest BCUT2D eigenvalue weighted by molar-refractivity contribution is 0.102. The van der Waals surface area contributed by atoms with Crippen molar-refractivity contribution in [2.45, 2.75) is 0 Å². The van der Waals surface area contributed by atoms with E-state index in [4.69, 9.17) is 0 Å². The summed E-state index contributed by atoms with van der Waals surface area (Å²) in [6.45, 7) is 0. The van der Waals surface area contributed by atoms with Crippen molar-refractivity contribution >= 4 is 11.7 Å². The van der Waals surface area contributed by atoms with Gasteiger partial charge in [0, 0.05) is 19.2 Å². The lowest BCUT2D eigenvalue weighted by atomic mass is 10.2. The Morgan fingerprint density at radius 1 is 1.47 bits per heavy atom. The molecule has 0 atom stereocenters. The van der Waals surface area contributed by atoms with Crippen molar-refractivity contribution in [3.8, 4) is 5.75 Å². The van der Waals surface area contributed by atoms with Crippen molar-refractivity contribution in [1.82, 2.24) is 9.78 Å². The number of anilines is 1. The molecule has 2 N–H and O–H groups in total. The molecular weight excluding hydrogens is 225 g/mol. The molecule has 2 aromatic rings. The highest BCUT2D eigenvalue weighted by atomic mass is 19.1. The van der Waals surface area contributed by atoms with Crippen LogP contribution < -0.4 is 5.32 Å². The first-order valence-corrected chi connectivity index (χ1v) is 4.86. The predicted molar refractivity (Wildman–Crippen MR) is 59.2 cm³/mol. The SMILES string of the molecule is Cn1nccc1NC(=O)c1ccc(F)cc1O. The number of phenolic OH excluding ortho intramolecular Hbond substituents is 1. The minimum atomic E-state index is -0.598. The van der Waals surface area contributed by atoms with Crippen molar-refractivity contribution in [2.75, 3.05) is 5.32 Å². The molecule has 0 unspecified atom stereocenters. The van der Waals surface area contributed by atoms with E-state index in [1.807, 2.05) is 0 Å². The first-order valence-electron chi connectivity index (χ1n) is 4.86. The number of carbonyl (C=O) groups excluding carboxylic acids is 1. The van der Waals surface area contributed by atoms with Gasteiger partial charge in [-0.1, -0.05) is 0 Å². The number of rotatable bonds is 2. The van der Waals surface area contributed by atoms with Crippen LogP contribution in [0.5, 0.6) is 5.75 Å². The van der Waals surface area contributed by atoms with Crippen molar-refractivity contribution in [2.24, 2.45) is 7.05 Å². The van der Waals surface area contributed by atoms with Gasteiger partial charge in [0.05, 0.1) is 11.8 Å². The van der Waals surface area contributed by atoms with Crippen molar-refractivity contribution in [3.05, 3.63) is 41.8 Å². The van der Waals surface area contributed by atoms with Gasteiger partial charge < -0.3 is 10.4 Å². The number of aryl methyl sites for hydroxylation is 1. The number of carbonyl (C=O) groups is 1. The molecular formula is C11H10FN3O2. The number of benzene rings is 1. The number of nitrogens with one attached hydrogen (secondary N) is 1. The summed E-state index contributed by atoms with van der Waals surface area (Å²) < 4.78 is 14.2. The molecule has 1 amide bonds. The van der Waals surface area contributed by atoms with Crippen LogP contribution in [-0.4, -0.2) is 20.8 Å². The largest absolute Gasteiger partial charge is 0.507 e. The number of amides is 1. The zero-order valence-electron chi connectivity index (χ0n) is 9.01. The number of hydrogen-bond acceptors (Lipinski definition) is 3. The highest BCUT2D eigenvalue weighted by molar-refractivity contribution is 6.05. The number of phenols is 1. The maximum absolute atomic E-state index is 12.7. The van der Waals surface area contributed by atoms with E-state index in [1.165, 1.54) is 16.9 Å². The summed E-state index contributed by atoms with van der Waals surface area (Å²) in [6.07, 6.45) is 1.53. The number of aromatic hydroxyl groups is 1. The smallest absolute Gasteiger partial charge is 0.260 e. The standard InChI is InChI=1S/C11H10FN3O2/c1-15-10(4-5-13-15)14-11(17)8-3-2-7(12)6-9(8)16/h2-6,16H,1H3,(H,14,17). The molecule has 0 fully saturated rings. The van der Waals surface area contributed by atoms with Crippen molar-refractivity contribution in [1.29, 1.82) is 0 Å². The van der Waals surface area contributed by atoms with Crippen LogP contribution in [0.25, 0.3) is 0 Å². The zero-order valence-corrected chi connectivity index (χ0v) is 9.01. The molecule has 1 aromatic heterocycles. The van der Waals surface area contributed by atoms with Crippen LogP contribution in [-0.2, 0) is 7.05 Å². The monoisotopic (exact) mass is 235 g/mol. The lowest BCUT2D eigenvalue weighted by Crippen LogP contribution is -2.14. The van der Waals surface area contributed by atoms with Gasteiger partial charge in [-0.15, -0.1) is 0 Å². The molecule has 0 aliphatic carbocycles. The quantitative estimate of drug-likeness (QED) is 0.829. The van der Waals surface area contributed by atoms with E-state index in [1.54, 1.807) is 13.1 Å². The van der Waals surface area contributed by atoms with Crippen LogP contribution >= 0.6 is 0 Å². The summed E-state index contributed by atoms with van der Waals surface area (Å²) >= 11 is 0. The molecule has 6 heteroatoms. The molecule has 0 saturated heterocycles. The van der Waals surface area contributed by atoms with Gasteiger partial charge in [-0.05, 0) is 12.1 Å². The van der Waals surface area contributed by atoms with Crippen LogP contribution in [0.1, 0.15) is 10.4 Å². The van der Waals surface area contributed by atoms with Crippen molar-refractivity contribution < 1.29 is 14.3 Å². The first-order chi connectivity index (χ1) is 8.08. The number of nitrogens with zero attached hydrogens (tertiary/aromatic N) is 2. The van der Waals surface area contributed by atoms with Gasteiger partial charge >= 0.3 is 0 Å². The third-order valence-corrected chi connectivity index (χ3v) is 2.27. The van der Waals surface area contributed by atoms with Gasteiger partial charge in [0.2, 0.25) is 0 Å². The fourth-order valence-corrected chi connectivity index (χ4v) is 1.38. The predicted octanol–water partition coefficient (Wildman–Crippen LogP) is 1.52. The zero-order chi connectivity index (χ0) is 12.4. The van der Waals surface area contributed by atoms with E-state index in [0.717, 1.165) is 12.1 Å². The van der Waals surface area contributed by atoms with E-state index in [0.29, 0.717) is 5.82 Å². The fourth-order valence-electron chi connectivity index (χ4n) is 1.38. The second-order valence-electron chi connectivity index (χ2n) is 3.46. The van der Waals surface area contributed by atoms with Gasteiger partial charge in [0.1, 0.15) is 17.4 Å². The number of halogens is 1. The Labute approximate surface area is 96.5 Å². The summed E-state index contributed by atoms with van der Waals surface area (Å²) in [7, 11) is 1.67. The number of aromatic nitrogens is 2. The highest BCUT2D eigenvalue weighted by Gasteiger charge is 2.13. The van der Waals surface area contributed by atoms with Crippen molar-refractivity contribution in [3.63, 3.8) is 0 Å². The molecule has 0 aliphatic rings. The third kappa shape index (κ3) is 2.25. The van der Waals surface area contributed by atoms with Crippen LogP contribution in [0.15, 0.2) is 30.5 Å². The molecule has 0 bridgehead atoms. The van der Waals surface area contributed by atoms with E-state index in [-0.39, 0.29) is 5.56 Å². The Bertz CT molecular complexity index is 566. The average Bonchev–Trinajstić information content (AvgIpc) is 2.64. The molecule has 1 aromatic carbocycles. The molecule has 0 aliphatic heterocycles. The normalized spacial score (nSPS) is 10.2. The molecule has 0 spiro atoms. The summed E-state index contributed by atoms with van der Waals surface area (Å²) in [4.78, 5) is 11.8. The minimum Gasteiger partial charge on any atom is -0.507 e. The molecule has 0 radical (unpaired) electrons. The molecule has 0 saturated carbocycles. The van der Waals surface area contributed by atoms with Crippen LogP contribution in [0.3, 0.4) is 0 Å². The Hall–Kier alpha value is -2.37. The molecule has 17 heavy (non-hydrogen) atoms. The maximum atomic E-state index is 12.7. The summed E-state index contributed by atoms with van der Waals surface area (Å²) in [5, 5.41) is 15.9. The molecule has 88 valence electrons. The van der Waals surface area contributed by atoms with Gasteiger partial charge in [-0.25, -0.2) is 4.39 Å². The van der Waals surface area contributed by atoms with Gasteiger partial charge in [0.15, 0.2) is 0 Å². The van der Waals surface area contributed by atoms with E-state index in [2.05, 4.69) is 10.4 Å². The topological polar surface area (TPSA) is 67.2 Å². The highest BCUT2D eigenvalue weighted by Crippen LogP contribution is 2.19. The Morgan fingerprint density at radius 3 is 2.82 bits per heavy atom. The third-order valence-electron chi connectivity index (χ3n) is 2.27. The summed E-state index contributed by atoms with van der Waals surface area (Å²) in [5.41, 5.74) is 0.00704. The van der Waals surface area contributed by atoms with Gasteiger partial charge in [-0.2, -0.15) is 5.10 Å². The van der Waals surface area contributed by atoms with E-state index >= 15 is 0 Å². The molecule has 5 nitrogen and oxygen atoms in total. The fraction of sp³-hybridized carbons (Fsp3) is 0.0909.